The van der Waals surface area contributed by atoms with E-state index in [-0.39, 0.29) is 46.9 Å². The number of esters is 1. The predicted octanol–water partition coefficient (Wildman–Crippen LogP) is 5.44. The van der Waals surface area contributed by atoms with Crippen LogP contribution in [0.2, 0.25) is 0 Å². The number of ether oxygens (including phenoxy) is 2. The molecule has 1 aliphatic rings. The SMILES string of the molecule is COC(=O)[C@](C)(C[C@@H](O)C1=C(C)C(=O)C[C@H](C(C)C)[C@H]1/C=C(\C)S(=O)(=O)c1ccccc1)OCc1ccccc1. The summed E-state index contributed by atoms with van der Waals surface area (Å²) in [5, 5.41) is 11.7. The number of hydrogen-bond acceptors (Lipinski definition) is 7. The first-order valence-corrected chi connectivity index (χ1v) is 15.0. The highest BCUT2D eigenvalue weighted by Crippen LogP contribution is 2.42. The molecule has 3 rings (SSSR count). The lowest BCUT2D eigenvalue weighted by Gasteiger charge is -2.39. The third-order valence-electron chi connectivity index (χ3n) is 7.80. The maximum Gasteiger partial charge on any atom is 0.337 e. The summed E-state index contributed by atoms with van der Waals surface area (Å²) < 4.78 is 37.8. The Morgan fingerprint density at radius 3 is 2.23 bits per heavy atom. The first-order valence-electron chi connectivity index (χ1n) is 13.5. The topological polar surface area (TPSA) is 107 Å². The van der Waals surface area contributed by atoms with Gasteiger partial charge in [-0.1, -0.05) is 68.5 Å². The fraction of sp³-hybridized carbons (Fsp3) is 0.438. The quantitative estimate of drug-likeness (QED) is 0.360. The summed E-state index contributed by atoms with van der Waals surface area (Å²) in [4.78, 5) is 26.3. The highest BCUT2D eigenvalue weighted by atomic mass is 32.2. The molecule has 0 bridgehead atoms. The van der Waals surface area contributed by atoms with E-state index in [1.165, 1.54) is 14.0 Å². The van der Waals surface area contributed by atoms with Gasteiger partial charge in [-0.25, -0.2) is 13.2 Å². The second-order valence-corrected chi connectivity index (χ2v) is 13.1. The van der Waals surface area contributed by atoms with E-state index in [1.54, 1.807) is 50.3 Å². The van der Waals surface area contributed by atoms with Gasteiger partial charge in [-0.3, -0.25) is 4.79 Å². The zero-order chi connectivity index (χ0) is 29.7. The Morgan fingerprint density at radius 2 is 1.68 bits per heavy atom. The van der Waals surface area contributed by atoms with E-state index in [0.717, 1.165) is 5.56 Å². The first kappa shape index (κ1) is 31.5. The maximum atomic E-state index is 13.4. The lowest BCUT2D eigenvalue weighted by molar-refractivity contribution is -0.172. The minimum Gasteiger partial charge on any atom is -0.467 e. The van der Waals surface area contributed by atoms with Crippen LogP contribution in [0.3, 0.4) is 0 Å². The summed E-state index contributed by atoms with van der Waals surface area (Å²) in [6, 6.07) is 17.5. The fourth-order valence-corrected chi connectivity index (χ4v) is 6.53. The lowest BCUT2D eigenvalue weighted by atomic mass is 9.67. The lowest BCUT2D eigenvalue weighted by Crippen LogP contribution is -2.44. The average Bonchev–Trinajstić information content (AvgIpc) is 2.94. The monoisotopic (exact) mass is 568 g/mol. The summed E-state index contributed by atoms with van der Waals surface area (Å²) >= 11 is 0. The molecule has 40 heavy (non-hydrogen) atoms. The first-order chi connectivity index (χ1) is 18.8. The van der Waals surface area contributed by atoms with Crippen LogP contribution in [0, 0.1) is 17.8 Å². The Hall–Kier alpha value is -3.07. The van der Waals surface area contributed by atoms with Gasteiger partial charge in [0, 0.05) is 23.7 Å². The molecule has 4 atom stereocenters. The Kier molecular flexibility index (Phi) is 10.3. The molecule has 0 saturated heterocycles. The molecule has 216 valence electrons. The van der Waals surface area contributed by atoms with Crippen molar-refractivity contribution in [2.24, 2.45) is 17.8 Å². The van der Waals surface area contributed by atoms with Crippen molar-refractivity contribution in [2.75, 3.05) is 7.11 Å². The number of sulfone groups is 1. The van der Waals surface area contributed by atoms with Crippen molar-refractivity contribution in [1.82, 2.24) is 0 Å². The third kappa shape index (κ3) is 6.97. The summed E-state index contributed by atoms with van der Waals surface area (Å²) in [5.41, 5.74) is 0.115. The van der Waals surface area contributed by atoms with Crippen LogP contribution in [0.15, 0.2) is 87.7 Å². The predicted molar refractivity (Wildman–Crippen MR) is 154 cm³/mol. The van der Waals surface area contributed by atoms with Gasteiger partial charge in [0.1, 0.15) is 0 Å². The number of Topliss-reactive ketones (excluding diaryl/α,β-unsaturated/α-hetero) is 1. The van der Waals surface area contributed by atoms with Crippen LogP contribution in [-0.4, -0.2) is 44.1 Å². The van der Waals surface area contributed by atoms with Crippen molar-refractivity contribution in [3.63, 3.8) is 0 Å². The number of carbonyl (C=O) groups excluding carboxylic acids is 2. The molecule has 0 unspecified atom stereocenters. The van der Waals surface area contributed by atoms with Crippen molar-refractivity contribution >= 4 is 21.6 Å². The minimum absolute atomic E-state index is 0.0223. The summed E-state index contributed by atoms with van der Waals surface area (Å²) in [6.45, 7) is 8.82. The number of aliphatic hydroxyl groups is 1. The van der Waals surface area contributed by atoms with Crippen LogP contribution in [0.4, 0.5) is 0 Å². The summed E-state index contributed by atoms with van der Waals surface area (Å²) in [6.07, 6.45) is 0.450. The molecule has 0 radical (unpaired) electrons. The molecular weight excluding hydrogens is 528 g/mol. The second-order valence-electron chi connectivity index (χ2n) is 11.0. The third-order valence-corrected chi connectivity index (χ3v) is 9.68. The van der Waals surface area contributed by atoms with E-state index < -0.39 is 33.4 Å². The number of hydrogen-bond donors (Lipinski definition) is 1. The summed E-state index contributed by atoms with van der Waals surface area (Å²) in [7, 11) is -2.53. The van der Waals surface area contributed by atoms with Crippen LogP contribution >= 0.6 is 0 Å². The molecule has 0 saturated carbocycles. The van der Waals surface area contributed by atoms with Crippen molar-refractivity contribution in [2.45, 2.75) is 70.7 Å². The largest absolute Gasteiger partial charge is 0.467 e. The Balaban J connectivity index is 2.03. The number of aliphatic hydroxyl groups excluding tert-OH is 1. The maximum absolute atomic E-state index is 13.4. The second kappa shape index (κ2) is 13.1. The van der Waals surface area contributed by atoms with Crippen LogP contribution in [-0.2, 0) is 35.5 Å². The molecule has 1 aliphatic carbocycles. The van der Waals surface area contributed by atoms with Gasteiger partial charge < -0.3 is 14.6 Å². The van der Waals surface area contributed by atoms with Crippen LogP contribution in [0.25, 0.3) is 0 Å². The fourth-order valence-electron chi connectivity index (χ4n) is 5.31. The highest BCUT2D eigenvalue weighted by Gasteiger charge is 2.44. The van der Waals surface area contributed by atoms with Gasteiger partial charge in [-0.2, -0.15) is 0 Å². The molecule has 0 aliphatic heterocycles. The molecule has 0 fully saturated rings. The molecule has 0 heterocycles. The molecule has 7 nitrogen and oxygen atoms in total. The molecule has 1 N–H and O–H groups in total. The van der Waals surface area contributed by atoms with E-state index in [2.05, 4.69) is 0 Å². The van der Waals surface area contributed by atoms with Crippen molar-refractivity contribution in [3.05, 3.63) is 88.4 Å². The number of allylic oxidation sites excluding steroid dienone is 3. The Labute approximate surface area is 237 Å². The van der Waals surface area contributed by atoms with Gasteiger partial charge in [0.25, 0.3) is 0 Å². The smallest absolute Gasteiger partial charge is 0.337 e. The zero-order valence-electron chi connectivity index (χ0n) is 24.1. The highest BCUT2D eigenvalue weighted by molar-refractivity contribution is 7.95. The molecule has 2 aromatic carbocycles. The number of benzene rings is 2. The normalized spacial score (nSPS) is 20.8. The minimum atomic E-state index is -3.79. The average molecular weight is 569 g/mol. The molecule has 0 aromatic heterocycles. The summed E-state index contributed by atoms with van der Waals surface area (Å²) in [5.74, 6) is -1.52. The standard InChI is InChI=1S/C32H40O7S/c1-21(2)26-18-28(33)23(4)30(27(26)17-22(3)40(36,37)25-15-11-8-12-16-25)29(34)19-32(5,31(35)38-6)39-20-24-13-9-7-10-14-24/h7-17,21,26-27,29,34H,18-20H2,1-6H3/b22-17+/t26-,27-,29-,32+/m1/s1. The van der Waals surface area contributed by atoms with E-state index in [1.807, 2.05) is 44.2 Å². The van der Waals surface area contributed by atoms with Gasteiger partial charge in [0.15, 0.2) is 11.4 Å². The van der Waals surface area contributed by atoms with Crippen LogP contribution < -0.4 is 0 Å². The van der Waals surface area contributed by atoms with Crippen LogP contribution in [0.1, 0.15) is 53.0 Å². The zero-order valence-corrected chi connectivity index (χ0v) is 24.9. The number of methoxy groups -OCH3 is 1. The van der Waals surface area contributed by atoms with Gasteiger partial charge in [-0.15, -0.1) is 0 Å². The van der Waals surface area contributed by atoms with Gasteiger partial charge in [0.2, 0.25) is 9.84 Å². The number of carbonyl (C=O) groups is 2. The molecule has 0 amide bonds. The van der Waals surface area contributed by atoms with Gasteiger partial charge in [-0.05, 0) is 61.4 Å². The van der Waals surface area contributed by atoms with Gasteiger partial charge >= 0.3 is 5.97 Å². The van der Waals surface area contributed by atoms with Crippen molar-refractivity contribution in [1.29, 1.82) is 0 Å². The van der Waals surface area contributed by atoms with Crippen LogP contribution in [0.5, 0.6) is 0 Å². The molecule has 8 heteroatoms. The molecule has 2 aromatic rings. The number of ketones is 1. The number of rotatable bonds is 11. The molecular formula is C32H40O7S. The van der Waals surface area contributed by atoms with E-state index >= 15 is 0 Å². The van der Waals surface area contributed by atoms with E-state index in [9.17, 15) is 23.1 Å². The van der Waals surface area contributed by atoms with E-state index in [4.69, 9.17) is 9.47 Å². The molecule has 0 spiro atoms. The Bertz CT molecular complexity index is 1360. The van der Waals surface area contributed by atoms with Gasteiger partial charge in [0.05, 0.1) is 24.7 Å². The van der Waals surface area contributed by atoms with Crippen molar-refractivity contribution < 1.29 is 32.6 Å². The van der Waals surface area contributed by atoms with Crippen molar-refractivity contribution in [3.8, 4) is 0 Å². The Morgan fingerprint density at radius 1 is 1.10 bits per heavy atom. The van der Waals surface area contributed by atoms with E-state index in [0.29, 0.717) is 11.1 Å².